The summed E-state index contributed by atoms with van der Waals surface area (Å²) < 4.78 is 25.3. The van der Waals surface area contributed by atoms with Gasteiger partial charge in [-0.15, -0.1) is 0 Å². The summed E-state index contributed by atoms with van der Waals surface area (Å²) in [5, 5.41) is 5.75. The molecule has 22 heavy (non-hydrogen) atoms. The lowest BCUT2D eigenvalue weighted by molar-refractivity contribution is -0.123. The van der Waals surface area contributed by atoms with Crippen LogP contribution in [0.25, 0.3) is 0 Å². The van der Waals surface area contributed by atoms with E-state index in [0.717, 1.165) is 19.0 Å². The summed E-state index contributed by atoms with van der Waals surface area (Å²) in [5.41, 5.74) is 0.354. The SMILES string of the molecule is CCCNC(C)C(=O)CC=O.CNCc1cccc(F)c1F. The third kappa shape index (κ3) is 7.95. The second-order valence-corrected chi connectivity index (χ2v) is 4.76. The van der Waals surface area contributed by atoms with Gasteiger partial charge in [-0.1, -0.05) is 19.1 Å². The Hall–Kier alpha value is -1.66. The third-order valence-corrected chi connectivity index (χ3v) is 2.87. The van der Waals surface area contributed by atoms with Crippen molar-refractivity contribution < 1.29 is 18.4 Å². The minimum absolute atomic E-state index is 0.0257. The van der Waals surface area contributed by atoms with Gasteiger partial charge in [-0.3, -0.25) is 4.79 Å². The molecule has 1 atom stereocenters. The summed E-state index contributed by atoms with van der Waals surface area (Å²) in [5.74, 6) is -1.59. The molecule has 1 aromatic carbocycles. The molecular weight excluding hydrogens is 290 g/mol. The average molecular weight is 314 g/mol. The van der Waals surface area contributed by atoms with Gasteiger partial charge >= 0.3 is 0 Å². The molecule has 0 heterocycles. The summed E-state index contributed by atoms with van der Waals surface area (Å²) >= 11 is 0. The first kappa shape index (κ1) is 20.3. The van der Waals surface area contributed by atoms with Crippen LogP contribution in [-0.2, 0) is 16.1 Å². The van der Waals surface area contributed by atoms with Crippen LogP contribution in [0.5, 0.6) is 0 Å². The Morgan fingerprint density at radius 3 is 2.59 bits per heavy atom. The first-order valence-corrected chi connectivity index (χ1v) is 7.25. The highest BCUT2D eigenvalue weighted by atomic mass is 19.2. The van der Waals surface area contributed by atoms with Crippen molar-refractivity contribution in [1.29, 1.82) is 0 Å². The molecule has 0 radical (unpaired) electrons. The summed E-state index contributed by atoms with van der Waals surface area (Å²) in [7, 11) is 1.68. The van der Waals surface area contributed by atoms with E-state index in [2.05, 4.69) is 10.6 Å². The fraction of sp³-hybridized carbons (Fsp3) is 0.500. The number of halogens is 2. The van der Waals surface area contributed by atoms with Gasteiger partial charge < -0.3 is 15.4 Å². The van der Waals surface area contributed by atoms with Gasteiger partial charge in [0.15, 0.2) is 17.4 Å². The van der Waals surface area contributed by atoms with E-state index in [1.165, 1.54) is 6.07 Å². The molecule has 2 N–H and O–H groups in total. The number of nitrogens with one attached hydrogen (secondary N) is 2. The molecule has 0 aliphatic rings. The van der Waals surface area contributed by atoms with Crippen molar-refractivity contribution in [2.75, 3.05) is 13.6 Å². The molecule has 0 aliphatic carbocycles. The molecule has 0 aromatic heterocycles. The molecule has 0 aliphatic heterocycles. The van der Waals surface area contributed by atoms with Crippen LogP contribution in [0.3, 0.4) is 0 Å². The van der Waals surface area contributed by atoms with Crippen molar-refractivity contribution in [3.63, 3.8) is 0 Å². The van der Waals surface area contributed by atoms with E-state index < -0.39 is 11.6 Å². The highest BCUT2D eigenvalue weighted by Crippen LogP contribution is 2.10. The quantitative estimate of drug-likeness (QED) is 0.570. The molecule has 0 saturated heterocycles. The van der Waals surface area contributed by atoms with Crippen LogP contribution in [0.2, 0.25) is 0 Å². The average Bonchev–Trinajstić information content (AvgIpc) is 2.50. The van der Waals surface area contributed by atoms with E-state index in [9.17, 15) is 18.4 Å². The first-order valence-electron chi connectivity index (χ1n) is 7.25. The highest BCUT2D eigenvalue weighted by Gasteiger charge is 2.09. The molecule has 1 aromatic rings. The van der Waals surface area contributed by atoms with Gasteiger partial charge in [-0.05, 0) is 33.0 Å². The van der Waals surface area contributed by atoms with Gasteiger partial charge in [0, 0.05) is 12.1 Å². The number of ketones is 1. The first-order chi connectivity index (χ1) is 10.5. The number of rotatable bonds is 8. The second-order valence-electron chi connectivity index (χ2n) is 4.76. The molecule has 124 valence electrons. The Morgan fingerprint density at radius 1 is 1.36 bits per heavy atom. The predicted molar refractivity (Wildman–Crippen MR) is 82.6 cm³/mol. The summed E-state index contributed by atoms with van der Waals surface area (Å²) in [4.78, 5) is 20.9. The Balaban J connectivity index is 0.000000401. The number of aldehydes is 1. The number of Topliss-reactive ketones (excluding diaryl/α,β-unsaturated/α-hetero) is 1. The normalized spacial score (nSPS) is 11.3. The molecule has 0 fully saturated rings. The van der Waals surface area contributed by atoms with Crippen molar-refractivity contribution in [3.05, 3.63) is 35.4 Å². The van der Waals surface area contributed by atoms with E-state index >= 15 is 0 Å². The predicted octanol–water partition coefficient (Wildman–Crippen LogP) is 2.22. The van der Waals surface area contributed by atoms with Crippen LogP contribution in [0.1, 0.15) is 32.3 Å². The van der Waals surface area contributed by atoms with Crippen molar-refractivity contribution in [2.45, 2.75) is 39.3 Å². The number of hydrogen-bond acceptors (Lipinski definition) is 4. The van der Waals surface area contributed by atoms with Crippen LogP contribution >= 0.6 is 0 Å². The van der Waals surface area contributed by atoms with Crippen LogP contribution in [-0.4, -0.2) is 31.7 Å². The van der Waals surface area contributed by atoms with Crippen molar-refractivity contribution in [1.82, 2.24) is 10.6 Å². The maximum Gasteiger partial charge on any atom is 0.163 e. The molecule has 0 spiro atoms. The second kappa shape index (κ2) is 11.9. The van der Waals surface area contributed by atoms with Gasteiger partial charge in [0.05, 0.1) is 12.5 Å². The lowest BCUT2D eigenvalue weighted by Crippen LogP contribution is -2.34. The van der Waals surface area contributed by atoms with Gasteiger partial charge in [0.1, 0.15) is 6.29 Å². The van der Waals surface area contributed by atoms with Gasteiger partial charge in [-0.2, -0.15) is 0 Å². The van der Waals surface area contributed by atoms with Gasteiger partial charge in [0.25, 0.3) is 0 Å². The zero-order valence-corrected chi connectivity index (χ0v) is 13.3. The molecule has 1 rings (SSSR count). The van der Waals surface area contributed by atoms with E-state index in [0.29, 0.717) is 18.4 Å². The zero-order chi connectivity index (χ0) is 17.0. The van der Waals surface area contributed by atoms with E-state index in [4.69, 9.17) is 0 Å². The minimum atomic E-state index is -0.794. The maximum absolute atomic E-state index is 12.8. The Bertz CT molecular complexity index is 467. The maximum atomic E-state index is 12.8. The number of carbonyl (C=O) groups excluding carboxylic acids is 2. The molecule has 1 unspecified atom stereocenters. The van der Waals surface area contributed by atoms with Crippen LogP contribution in [0, 0.1) is 11.6 Å². The lowest BCUT2D eigenvalue weighted by Gasteiger charge is -2.09. The van der Waals surface area contributed by atoms with E-state index in [1.54, 1.807) is 20.0 Å². The largest absolute Gasteiger partial charge is 0.316 e. The van der Waals surface area contributed by atoms with E-state index in [-0.39, 0.29) is 18.2 Å². The van der Waals surface area contributed by atoms with Gasteiger partial charge in [0.2, 0.25) is 0 Å². The number of hydrogen-bond donors (Lipinski definition) is 2. The minimum Gasteiger partial charge on any atom is -0.316 e. The fourth-order valence-corrected chi connectivity index (χ4v) is 1.61. The molecule has 0 saturated carbocycles. The molecule has 4 nitrogen and oxygen atoms in total. The standard InChI is InChI=1S/C8H9F2N.C8H15NO2/c1-11-5-6-3-2-4-7(9)8(6)10;1-3-5-9-7(2)8(11)4-6-10/h2-4,11H,5H2,1H3;6-7,9H,3-5H2,1-2H3. The van der Waals surface area contributed by atoms with Crippen molar-refractivity contribution in [3.8, 4) is 0 Å². The zero-order valence-electron chi connectivity index (χ0n) is 13.3. The van der Waals surface area contributed by atoms with Crippen LogP contribution in [0.4, 0.5) is 8.78 Å². The molecule has 0 bridgehead atoms. The molecule has 0 amide bonds. The lowest BCUT2D eigenvalue weighted by atomic mass is 10.1. The number of carbonyl (C=O) groups is 2. The highest BCUT2D eigenvalue weighted by molar-refractivity contribution is 5.93. The molecule has 6 heteroatoms. The Labute approximate surface area is 130 Å². The number of benzene rings is 1. The topological polar surface area (TPSA) is 58.2 Å². The smallest absolute Gasteiger partial charge is 0.163 e. The summed E-state index contributed by atoms with van der Waals surface area (Å²) in [6.07, 6.45) is 1.67. The Kier molecular flexibility index (Phi) is 11.0. The monoisotopic (exact) mass is 314 g/mol. The van der Waals surface area contributed by atoms with E-state index in [1.807, 2.05) is 6.92 Å². The van der Waals surface area contributed by atoms with Crippen LogP contribution in [0.15, 0.2) is 18.2 Å². The third-order valence-electron chi connectivity index (χ3n) is 2.87. The summed E-state index contributed by atoms with van der Waals surface area (Å²) in [6.45, 7) is 4.99. The molecular formula is C16H24F2N2O2. The Morgan fingerprint density at radius 2 is 2.05 bits per heavy atom. The summed E-state index contributed by atoms with van der Waals surface area (Å²) in [6, 6.07) is 3.97. The fourth-order valence-electron chi connectivity index (χ4n) is 1.61. The van der Waals surface area contributed by atoms with Crippen molar-refractivity contribution >= 4 is 12.1 Å². The van der Waals surface area contributed by atoms with Gasteiger partial charge in [-0.25, -0.2) is 8.78 Å². The van der Waals surface area contributed by atoms with Crippen molar-refractivity contribution in [2.24, 2.45) is 0 Å². The van der Waals surface area contributed by atoms with Crippen LogP contribution < -0.4 is 10.6 Å².